The van der Waals surface area contributed by atoms with Crippen molar-refractivity contribution in [3.05, 3.63) is 45.7 Å². The average molecular weight is 516 g/mol. The maximum atomic E-state index is 13.0. The van der Waals surface area contributed by atoms with Crippen LogP contribution in [-0.2, 0) is 14.9 Å². The van der Waals surface area contributed by atoms with Crippen molar-refractivity contribution >= 4 is 16.1 Å². The van der Waals surface area contributed by atoms with Crippen molar-refractivity contribution in [2.75, 3.05) is 18.7 Å². The minimum Gasteiger partial charge on any atom is -0.493 e. The Labute approximate surface area is 199 Å². The minimum absolute atomic E-state index is 0.0848. The molecule has 0 saturated carbocycles. The van der Waals surface area contributed by atoms with Crippen LogP contribution in [0.1, 0.15) is 55.6 Å². The van der Waals surface area contributed by atoms with Crippen LogP contribution in [-0.4, -0.2) is 43.8 Å². The Morgan fingerprint density at radius 3 is 2.49 bits per heavy atom. The van der Waals surface area contributed by atoms with E-state index in [1.807, 2.05) is 18.9 Å². The van der Waals surface area contributed by atoms with Crippen LogP contribution in [0.15, 0.2) is 29.2 Å². The van der Waals surface area contributed by atoms with Crippen molar-refractivity contribution in [1.29, 1.82) is 0 Å². The van der Waals surface area contributed by atoms with Crippen molar-refractivity contribution in [1.82, 2.24) is 4.68 Å². The van der Waals surface area contributed by atoms with Gasteiger partial charge in [0.2, 0.25) is 0 Å². The summed E-state index contributed by atoms with van der Waals surface area (Å²) < 4.78 is 78.5. The number of fused-ring (bicyclic) bond motifs is 6. The first-order chi connectivity index (χ1) is 16.2. The van der Waals surface area contributed by atoms with Gasteiger partial charge in [0.1, 0.15) is 5.56 Å². The Balaban J connectivity index is 1.96. The zero-order valence-electron chi connectivity index (χ0n) is 19.3. The molecule has 3 heterocycles. The van der Waals surface area contributed by atoms with Crippen LogP contribution >= 0.6 is 0 Å². The molecule has 13 heteroatoms. The molecule has 1 atom stereocenters. The second-order valence-electron chi connectivity index (χ2n) is 8.79. The quantitative estimate of drug-likeness (QED) is 0.338. The van der Waals surface area contributed by atoms with Gasteiger partial charge in [0, 0.05) is 17.8 Å². The first-order valence-electron chi connectivity index (χ1n) is 10.7. The summed E-state index contributed by atoms with van der Waals surface area (Å²) in [4.78, 5) is 25.2. The fourth-order valence-electron chi connectivity index (χ4n) is 4.61. The molecule has 2 aliphatic heterocycles. The smallest absolute Gasteiger partial charge is 0.493 e. The fraction of sp³-hybridized carbons (Fsp3) is 0.455. The molecule has 2 aromatic rings. The fourth-order valence-corrected chi connectivity index (χ4v) is 5.07. The number of pyridine rings is 1. The third-order valence-electron chi connectivity index (χ3n) is 6.16. The monoisotopic (exact) mass is 516 g/mol. The Kier molecular flexibility index (Phi) is 5.81. The Hall–Kier alpha value is -3.22. The normalized spacial score (nSPS) is 18.4. The predicted octanol–water partition coefficient (Wildman–Crippen LogP) is 3.49. The number of aromatic nitrogens is 1. The van der Waals surface area contributed by atoms with E-state index < -0.39 is 44.4 Å². The van der Waals surface area contributed by atoms with Crippen molar-refractivity contribution in [2.24, 2.45) is 0 Å². The first kappa shape index (κ1) is 24.9. The molecule has 1 aromatic heterocycles. The second kappa shape index (κ2) is 8.18. The topological polar surface area (TPSA) is 104 Å². The number of carbonyl (C=O) groups is 1. The van der Waals surface area contributed by atoms with E-state index in [-0.39, 0.29) is 17.9 Å². The molecule has 0 unspecified atom stereocenters. The van der Waals surface area contributed by atoms with Crippen molar-refractivity contribution < 1.29 is 40.0 Å². The van der Waals surface area contributed by atoms with Crippen LogP contribution in [0.2, 0.25) is 0 Å². The number of hydrogen-bond acceptors (Lipinski definition) is 8. The molecule has 2 aliphatic rings. The molecule has 9 nitrogen and oxygen atoms in total. The van der Waals surface area contributed by atoms with Crippen molar-refractivity contribution in [2.45, 2.75) is 50.7 Å². The number of halogens is 3. The molecule has 0 radical (unpaired) electrons. The van der Waals surface area contributed by atoms with Crippen LogP contribution in [0.5, 0.6) is 11.5 Å². The maximum absolute atomic E-state index is 13.0. The van der Waals surface area contributed by atoms with Crippen molar-refractivity contribution in [3.8, 4) is 22.8 Å². The Morgan fingerprint density at radius 1 is 1.20 bits per heavy atom. The number of carbonyl (C=O) groups excluding carboxylic acids is 1. The standard InChI is InChI=1S/C22H23F3N2O7S/c1-5-33-20(29)14-11-26-16(10-17(14)28)13-8-18(32-4)19(34-35(30,31)22(23,24)25)9-12(13)15-6-7-21(2,3)27(15)26/h8-11,15H,5-7H2,1-4H3/t15-/m1/s1. The van der Waals surface area contributed by atoms with E-state index >= 15 is 0 Å². The van der Waals surface area contributed by atoms with E-state index in [0.717, 1.165) is 7.11 Å². The van der Waals surface area contributed by atoms with E-state index in [0.29, 0.717) is 29.7 Å². The molecule has 1 fully saturated rings. The number of ether oxygens (including phenoxy) is 2. The van der Waals surface area contributed by atoms with E-state index in [1.165, 1.54) is 24.4 Å². The van der Waals surface area contributed by atoms with Crippen molar-refractivity contribution in [3.63, 3.8) is 0 Å². The second-order valence-corrected chi connectivity index (χ2v) is 10.3. The summed E-state index contributed by atoms with van der Waals surface area (Å²) in [5.74, 6) is -1.66. The third kappa shape index (κ3) is 4.01. The zero-order chi connectivity index (χ0) is 25.9. The summed E-state index contributed by atoms with van der Waals surface area (Å²) in [7, 11) is -4.79. The van der Waals surface area contributed by atoms with Gasteiger partial charge < -0.3 is 13.7 Å². The lowest BCUT2D eigenvalue weighted by Gasteiger charge is -2.44. The summed E-state index contributed by atoms with van der Waals surface area (Å²) in [5, 5.41) is 1.90. The largest absolute Gasteiger partial charge is 0.534 e. The Morgan fingerprint density at radius 2 is 1.89 bits per heavy atom. The number of methoxy groups -OCH3 is 1. The molecule has 1 aromatic carbocycles. The summed E-state index contributed by atoms with van der Waals surface area (Å²) >= 11 is 0. The molecule has 4 rings (SSSR count). The predicted molar refractivity (Wildman–Crippen MR) is 119 cm³/mol. The summed E-state index contributed by atoms with van der Waals surface area (Å²) in [6.45, 7) is 5.59. The Bertz CT molecular complexity index is 1370. The highest BCUT2D eigenvalue weighted by molar-refractivity contribution is 7.88. The molecule has 0 spiro atoms. The molecule has 0 bridgehead atoms. The average Bonchev–Trinajstić information content (AvgIpc) is 3.07. The van der Waals surface area contributed by atoms with Gasteiger partial charge in [-0.2, -0.15) is 21.6 Å². The third-order valence-corrected chi connectivity index (χ3v) is 7.12. The van der Waals surface area contributed by atoms with E-state index in [2.05, 4.69) is 4.18 Å². The highest BCUT2D eigenvalue weighted by atomic mass is 32.2. The number of hydrogen-bond donors (Lipinski definition) is 0. The van der Waals surface area contributed by atoms with Gasteiger partial charge in [-0.05, 0) is 51.3 Å². The van der Waals surface area contributed by atoms with E-state index in [1.54, 1.807) is 11.6 Å². The highest BCUT2D eigenvalue weighted by Gasteiger charge is 2.50. The van der Waals surface area contributed by atoms with Gasteiger partial charge in [0.05, 0.1) is 31.0 Å². The van der Waals surface area contributed by atoms with Gasteiger partial charge >= 0.3 is 21.6 Å². The summed E-state index contributed by atoms with van der Waals surface area (Å²) in [5.41, 5.74) is -5.61. The summed E-state index contributed by atoms with van der Waals surface area (Å²) in [6.07, 6.45) is 2.63. The lowest BCUT2D eigenvalue weighted by atomic mass is 9.93. The van der Waals surface area contributed by atoms with Gasteiger partial charge in [-0.3, -0.25) is 14.5 Å². The molecule has 35 heavy (non-hydrogen) atoms. The number of alkyl halides is 3. The van der Waals surface area contributed by atoms with Gasteiger partial charge in [-0.1, -0.05) is 0 Å². The van der Waals surface area contributed by atoms with Gasteiger partial charge in [-0.15, -0.1) is 0 Å². The van der Waals surface area contributed by atoms with Crippen LogP contribution in [0.4, 0.5) is 13.2 Å². The number of nitrogens with zero attached hydrogens (tertiary/aromatic N) is 2. The SMILES string of the molecule is CCOC(=O)c1cn2c(cc1=O)-c1cc(OC)c(OS(=O)(=O)C(F)(F)F)cc1[C@H]1CCC(C)(C)N12. The van der Waals surface area contributed by atoms with Gasteiger partial charge in [0.15, 0.2) is 16.9 Å². The van der Waals surface area contributed by atoms with E-state index in [9.17, 15) is 31.2 Å². The molecular weight excluding hydrogens is 493 g/mol. The van der Waals surface area contributed by atoms with Gasteiger partial charge in [0.25, 0.3) is 0 Å². The summed E-state index contributed by atoms with van der Waals surface area (Å²) in [6, 6.07) is 3.35. The lowest BCUT2D eigenvalue weighted by Crippen LogP contribution is -2.50. The number of rotatable bonds is 5. The molecule has 1 saturated heterocycles. The number of benzene rings is 1. The van der Waals surface area contributed by atoms with Crippen LogP contribution < -0.4 is 19.4 Å². The molecule has 190 valence electrons. The highest BCUT2D eigenvalue weighted by Crippen LogP contribution is 2.50. The maximum Gasteiger partial charge on any atom is 0.534 e. The molecule has 0 amide bonds. The van der Waals surface area contributed by atoms with Gasteiger partial charge in [-0.25, -0.2) is 4.79 Å². The molecular formula is C22H23F3N2O7S. The molecule has 0 N–H and O–H groups in total. The minimum atomic E-state index is -5.94. The van der Waals surface area contributed by atoms with Crippen LogP contribution in [0, 0.1) is 0 Å². The first-order valence-corrected chi connectivity index (χ1v) is 12.1. The number of esters is 1. The van der Waals surface area contributed by atoms with E-state index in [4.69, 9.17) is 9.47 Å². The molecule has 0 aliphatic carbocycles. The lowest BCUT2D eigenvalue weighted by molar-refractivity contribution is -0.0500. The zero-order valence-corrected chi connectivity index (χ0v) is 20.1. The van der Waals surface area contributed by atoms with Crippen LogP contribution in [0.3, 0.4) is 0 Å². The van der Waals surface area contributed by atoms with Crippen LogP contribution in [0.25, 0.3) is 11.3 Å².